The zero-order valence-corrected chi connectivity index (χ0v) is 9.42. The van der Waals surface area contributed by atoms with Gasteiger partial charge in [0.2, 0.25) is 5.69 Å². The Labute approximate surface area is 94.2 Å². The van der Waals surface area contributed by atoms with Crippen LogP contribution in [0.4, 0.5) is 4.39 Å². The predicted molar refractivity (Wildman–Crippen MR) is 60.6 cm³/mol. The van der Waals surface area contributed by atoms with Gasteiger partial charge in [0.05, 0.1) is 5.56 Å². The Morgan fingerprint density at radius 2 is 2.06 bits per heavy atom. The van der Waals surface area contributed by atoms with Crippen molar-refractivity contribution in [1.29, 1.82) is 0 Å². The first kappa shape index (κ1) is 9.52. The quantitative estimate of drug-likeness (QED) is 0.507. The van der Waals surface area contributed by atoms with Crippen LogP contribution >= 0.6 is 0 Å². The van der Waals surface area contributed by atoms with Gasteiger partial charge < -0.3 is 0 Å². The number of hydrogen-bond donors (Lipinski definition) is 0. The molecule has 0 saturated carbocycles. The van der Waals surface area contributed by atoms with Crippen molar-refractivity contribution >= 4 is 0 Å². The standard InChI is InChI=1S/C14H13FN/c1-9-7-11-12(10(2)14(9)15)8-16-6-4-3-5-13(11)16/h3-7H,8H2,1-2H3/q+1. The van der Waals surface area contributed by atoms with Crippen molar-refractivity contribution in [2.45, 2.75) is 20.4 Å². The fourth-order valence-corrected chi connectivity index (χ4v) is 2.46. The van der Waals surface area contributed by atoms with Crippen molar-refractivity contribution in [3.8, 4) is 11.3 Å². The lowest BCUT2D eigenvalue weighted by atomic mass is 9.98. The molecule has 3 rings (SSSR count). The molecule has 80 valence electrons. The summed E-state index contributed by atoms with van der Waals surface area (Å²) in [6, 6.07) is 8.07. The van der Waals surface area contributed by atoms with Crippen LogP contribution < -0.4 is 4.57 Å². The second kappa shape index (κ2) is 3.14. The maximum Gasteiger partial charge on any atom is 0.213 e. The number of rotatable bonds is 0. The Bertz CT molecular complexity index is 588. The molecule has 0 atom stereocenters. The lowest BCUT2D eigenvalue weighted by molar-refractivity contribution is -0.672. The smallest absolute Gasteiger partial charge is 0.206 e. The third kappa shape index (κ3) is 1.13. The Balaban J connectivity index is 2.34. The minimum absolute atomic E-state index is 0.0628. The van der Waals surface area contributed by atoms with Gasteiger partial charge in [-0.05, 0) is 37.1 Å². The molecule has 0 N–H and O–H groups in total. The van der Waals surface area contributed by atoms with Gasteiger partial charge in [-0.1, -0.05) is 0 Å². The molecule has 0 radical (unpaired) electrons. The molecule has 1 nitrogen and oxygen atoms in total. The van der Waals surface area contributed by atoms with Crippen molar-refractivity contribution in [2.24, 2.45) is 0 Å². The van der Waals surface area contributed by atoms with E-state index in [1.165, 1.54) is 11.3 Å². The fraction of sp³-hybridized carbons (Fsp3) is 0.214. The first-order valence-corrected chi connectivity index (χ1v) is 5.46. The van der Waals surface area contributed by atoms with Crippen LogP contribution in [0.2, 0.25) is 0 Å². The maximum atomic E-state index is 13.8. The van der Waals surface area contributed by atoms with Crippen LogP contribution in [0, 0.1) is 19.7 Å². The molecule has 0 aliphatic carbocycles. The summed E-state index contributed by atoms with van der Waals surface area (Å²) in [6.07, 6.45) is 2.04. The number of pyridine rings is 1. The van der Waals surface area contributed by atoms with Gasteiger partial charge in [-0.25, -0.2) is 4.39 Å². The molecule has 0 fully saturated rings. The summed E-state index contributed by atoms with van der Waals surface area (Å²) >= 11 is 0. The topological polar surface area (TPSA) is 3.88 Å². The predicted octanol–water partition coefficient (Wildman–Crippen LogP) is 2.76. The molecule has 1 aromatic heterocycles. The van der Waals surface area contributed by atoms with E-state index in [1.807, 2.05) is 38.2 Å². The normalized spacial score (nSPS) is 12.4. The number of nitrogens with zero attached hydrogens (tertiary/aromatic N) is 1. The average Bonchev–Trinajstić information content (AvgIpc) is 2.65. The Morgan fingerprint density at radius 3 is 2.88 bits per heavy atom. The van der Waals surface area contributed by atoms with Crippen LogP contribution in [0.25, 0.3) is 11.3 Å². The SMILES string of the molecule is Cc1cc2c(c(C)c1F)C[n+]1ccccc1-2. The van der Waals surface area contributed by atoms with E-state index < -0.39 is 0 Å². The molecule has 1 aromatic carbocycles. The second-order valence-electron chi connectivity index (χ2n) is 4.37. The van der Waals surface area contributed by atoms with E-state index in [1.54, 1.807) is 0 Å². The molecule has 0 spiro atoms. The highest BCUT2D eigenvalue weighted by Crippen LogP contribution is 2.31. The zero-order valence-electron chi connectivity index (χ0n) is 9.42. The summed E-state index contributed by atoms with van der Waals surface area (Å²) in [5.74, 6) is -0.0628. The molecule has 0 bridgehead atoms. The fourth-order valence-electron chi connectivity index (χ4n) is 2.46. The molecule has 0 unspecified atom stereocenters. The van der Waals surface area contributed by atoms with Gasteiger partial charge in [-0.2, -0.15) is 4.57 Å². The van der Waals surface area contributed by atoms with Crippen LogP contribution in [0.5, 0.6) is 0 Å². The highest BCUT2D eigenvalue weighted by atomic mass is 19.1. The minimum Gasteiger partial charge on any atom is -0.206 e. The van der Waals surface area contributed by atoms with Crippen molar-refractivity contribution in [1.82, 2.24) is 0 Å². The Kier molecular flexibility index (Phi) is 1.87. The molecule has 2 heteroatoms. The van der Waals surface area contributed by atoms with Crippen LogP contribution in [-0.4, -0.2) is 0 Å². The van der Waals surface area contributed by atoms with Gasteiger partial charge >= 0.3 is 0 Å². The summed E-state index contributed by atoms with van der Waals surface area (Å²) < 4.78 is 16.0. The van der Waals surface area contributed by atoms with Gasteiger partial charge in [0.25, 0.3) is 0 Å². The number of hydrogen-bond acceptors (Lipinski definition) is 0. The van der Waals surface area contributed by atoms with Crippen LogP contribution in [-0.2, 0) is 6.54 Å². The third-order valence-corrected chi connectivity index (χ3v) is 3.36. The summed E-state index contributed by atoms with van der Waals surface area (Å²) in [6.45, 7) is 4.48. The lowest BCUT2D eigenvalue weighted by Gasteiger charge is -2.04. The number of benzene rings is 1. The van der Waals surface area contributed by atoms with Gasteiger partial charge in [0.15, 0.2) is 12.7 Å². The Hall–Kier alpha value is -1.70. The van der Waals surface area contributed by atoms with Gasteiger partial charge in [0, 0.05) is 17.7 Å². The molecule has 2 heterocycles. The minimum atomic E-state index is -0.0628. The van der Waals surface area contributed by atoms with Gasteiger partial charge in [-0.15, -0.1) is 0 Å². The van der Waals surface area contributed by atoms with Crippen molar-refractivity contribution in [2.75, 3.05) is 0 Å². The van der Waals surface area contributed by atoms with E-state index in [4.69, 9.17) is 0 Å². The Morgan fingerprint density at radius 1 is 1.25 bits per heavy atom. The first-order valence-electron chi connectivity index (χ1n) is 5.46. The van der Waals surface area contributed by atoms with E-state index in [2.05, 4.69) is 10.6 Å². The van der Waals surface area contributed by atoms with E-state index in [-0.39, 0.29) is 5.82 Å². The zero-order chi connectivity index (χ0) is 11.3. The molecule has 2 aromatic rings. The second-order valence-corrected chi connectivity index (χ2v) is 4.37. The number of halogens is 1. The van der Waals surface area contributed by atoms with Crippen LogP contribution in [0.15, 0.2) is 30.5 Å². The summed E-state index contributed by atoms with van der Waals surface area (Å²) in [4.78, 5) is 0. The average molecular weight is 214 g/mol. The maximum absolute atomic E-state index is 13.8. The molecule has 1 aliphatic heterocycles. The highest BCUT2D eigenvalue weighted by molar-refractivity contribution is 5.66. The van der Waals surface area contributed by atoms with Crippen molar-refractivity contribution < 1.29 is 8.96 Å². The highest BCUT2D eigenvalue weighted by Gasteiger charge is 2.28. The van der Waals surface area contributed by atoms with Gasteiger partial charge in [0.1, 0.15) is 5.82 Å². The number of aryl methyl sites for hydroxylation is 1. The van der Waals surface area contributed by atoms with E-state index >= 15 is 0 Å². The van der Waals surface area contributed by atoms with Gasteiger partial charge in [-0.3, -0.25) is 0 Å². The van der Waals surface area contributed by atoms with Crippen molar-refractivity contribution in [3.05, 3.63) is 53.0 Å². The number of aromatic nitrogens is 1. The third-order valence-electron chi connectivity index (χ3n) is 3.36. The van der Waals surface area contributed by atoms with Crippen molar-refractivity contribution in [3.63, 3.8) is 0 Å². The monoisotopic (exact) mass is 214 g/mol. The molecular weight excluding hydrogens is 201 g/mol. The lowest BCUT2D eigenvalue weighted by Crippen LogP contribution is -2.31. The van der Waals surface area contributed by atoms with Crippen LogP contribution in [0.3, 0.4) is 0 Å². The molecular formula is C14H13FN+. The summed E-state index contributed by atoms with van der Waals surface area (Å²) in [7, 11) is 0. The summed E-state index contributed by atoms with van der Waals surface area (Å²) in [5, 5.41) is 0. The molecule has 0 amide bonds. The van der Waals surface area contributed by atoms with E-state index in [0.29, 0.717) is 0 Å². The molecule has 16 heavy (non-hydrogen) atoms. The summed E-state index contributed by atoms with van der Waals surface area (Å²) in [5.41, 5.74) is 5.00. The van der Waals surface area contributed by atoms with E-state index in [9.17, 15) is 4.39 Å². The van der Waals surface area contributed by atoms with E-state index in [0.717, 1.165) is 23.2 Å². The largest absolute Gasteiger partial charge is 0.213 e. The van der Waals surface area contributed by atoms with Crippen LogP contribution in [0.1, 0.15) is 16.7 Å². The molecule has 0 saturated heterocycles. The molecule has 1 aliphatic rings. The number of fused-ring (bicyclic) bond motifs is 3. The first-order chi connectivity index (χ1) is 7.68.